The SMILES string of the molecule is Cc1cnc(Cn2c(N)nc3cc(F)c(Br)cc32)o1. The number of nitrogen functional groups attached to an aromatic ring is 1. The van der Waals surface area contributed by atoms with Crippen LogP contribution in [0.25, 0.3) is 11.0 Å². The number of hydrogen-bond acceptors (Lipinski definition) is 4. The van der Waals surface area contributed by atoms with E-state index in [4.69, 9.17) is 10.2 Å². The Kier molecular flexibility index (Phi) is 2.78. The average Bonchev–Trinajstić information content (AvgIpc) is 2.87. The van der Waals surface area contributed by atoms with Crippen LogP contribution in [0.15, 0.2) is 27.2 Å². The molecular formula is C12H10BrFN4O. The number of hydrogen-bond donors (Lipinski definition) is 1. The summed E-state index contributed by atoms with van der Waals surface area (Å²) in [4.78, 5) is 8.25. The Hall–Kier alpha value is -1.89. The third kappa shape index (κ3) is 2.10. The highest BCUT2D eigenvalue weighted by Gasteiger charge is 2.13. The normalized spacial score (nSPS) is 11.3. The van der Waals surface area contributed by atoms with Crippen molar-refractivity contribution in [2.24, 2.45) is 0 Å². The van der Waals surface area contributed by atoms with Crippen molar-refractivity contribution in [3.8, 4) is 0 Å². The molecular weight excluding hydrogens is 315 g/mol. The Morgan fingerprint density at radius 2 is 2.26 bits per heavy atom. The molecule has 19 heavy (non-hydrogen) atoms. The van der Waals surface area contributed by atoms with Gasteiger partial charge in [0.1, 0.15) is 18.1 Å². The fraction of sp³-hybridized carbons (Fsp3) is 0.167. The maximum absolute atomic E-state index is 13.5. The van der Waals surface area contributed by atoms with Gasteiger partial charge in [0.15, 0.2) is 0 Å². The fourth-order valence-corrected chi connectivity index (χ4v) is 2.25. The molecule has 2 aromatic heterocycles. The molecule has 3 aromatic rings. The van der Waals surface area contributed by atoms with Crippen molar-refractivity contribution >= 4 is 32.9 Å². The molecule has 7 heteroatoms. The molecule has 0 spiro atoms. The van der Waals surface area contributed by atoms with Crippen molar-refractivity contribution in [1.82, 2.24) is 14.5 Å². The number of aromatic nitrogens is 3. The molecule has 0 unspecified atom stereocenters. The third-order valence-corrected chi connectivity index (χ3v) is 3.39. The average molecular weight is 325 g/mol. The van der Waals surface area contributed by atoms with E-state index in [-0.39, 0.29) is 5.82 Å². The summed E-state index contributed by atoms with van der Waals surface area (Å²) in [5.74, 6) is 1.18. The number of nitrogens with two attached hydrogens (primary N) is 1. The molecule has 0 atom stereocenters. The Labute approximate surface area is 116 Å². The molecule has 3 rings (SSSR count). The van der Waals surface area contributed by atoms with Crippen molar-refractivity contribution in [2.45, 2.75) is 13.5 Å². The van der Waals surface area contributed by atoms with Crippen LogP contribution in [0.5, 0.6) is 0 Å². The molecule has 2 heterocycles. The van der Waals surface area contributed by atoms with Gasteiger partial charge in [-0.1, -0.05) is 0 Å². The highest BCUT2D eigenvalue weighted by Crippen LogP contribution is 2.25. The van der Waals surface area contributed by atoms with Crippen LogP contribution in [-0.2, 0) is 6.54 Å². The van der Waals surface area contributed by atoms with Crippen LogP contribution >= 0.6 is 15.9 Å². The smallest absolute Gasteiger partial charge is 0.214 e. The minimum Gasteiger partial charge on any atom is -0.444 e. The topological polar surface area (TPSA) is 69.9 Å². The zero-order chi connectivity index (χ0) is 13.6. The predicted molar refractivity (Wildman–Crippen MR) is 72.1 cm³/mol. The van der Waals surface area contributed by atoms with Crippen molar-refractivity contribution in [2.75, 3.05) is 5.73 Å². The standard InChI is InChI=1S/C12H10BrFN4O/c1-6-4-16-11(19-6)5-18-10-2-7(13)8(14)3-9(10)17-12(18)15/h2-4H,5H2,1H3,(H2,15,17). The summed E-state index contributed by atoms with van der Waals surface area (Å²) in [5.41, 5.74) is 7.08. The quantitative estimate of drug-likeness (QED) is 0.786. The van der Waals surface area contributed by atoms with Crippen LogP contribution in [0.2, 0.25) is 0 Å². The number of halogens is 2. The highest BCUT2D eigenvalue weighted by molar-refractivity contribution is 9.10. The summed E-state index contributed by atoms with van der Waals surface area (Å²) in [5, 5.41) is 0. The van der Waals surface area contributed by atoms with E-state index in [1.54, 1.807) is 16.8 Å². The Morgan fingerprint density at radius 3 is 2.95 bits per heavy atom. The second-order valence-electron chi connectivity index (χ2n) is 4.18. The number of benzene rings is 1. The highest BCUT2D eigenvalue weighted by atomic mass is 79.9. The van der Waals surface area contributed by atoms with Gasteiger partial charge in [0.2, 0.25) is 11.8 Å². The predicted octanol–water partition coefficient (Wildman–Crippen LogP) is 2.86. The van der Waals surface area contributed by atoms with E-state index in [1.807, 2.05) is 6.92 Å². The van der Waals surface area contributed by atoms with Gasteiger partial charge in [0.05, 0.1) is 21.7 Å². The first kappa shape index (κ1) is 12.2. The molecule has 98 valence electrons. The molecule has 0 bridgehead atoms. The third-order valence-electron chi connectivity index (χ3n) is 2.78. The van der Waals surface area contributed by atoms with Gasteiger partial charge in [-0.15, -0.1) is 0 Å². The summed E-state index contributed by atoms with van der Waals surface area (Å²) >= 11 is 3.15. The van der Waals surface area contributed by atoms with Gasteiger partial charge in [-0.3, -0.25) is 0 Å². The van der Waals surface area contributed by atoms with E-state index in [9.17, 15) is 4.39 Å². The maximum Gasteiger partial charge on any atom is 0.214 e. The lowest BCUT2D eigenvalue weighted by Gasteiger charge is -2.03. The molecule has 2 N–H and O–H groups in total. The van der Waals surface area contributed by atoms with E-state index < -0.39 is 0 Å². The van der Waals surface area contributed by atoms with Crippen LogP contribution in [0, 0.1) is 12.7 Å². The van der Waals surface area contributed by atoms with Crippen LogP contribution < -0.4 is 5.73 Å². The summed E-state index contributed by atoms with van der Waals surface area (Å²) in [7, 11) is 0. The van der Waals surface area contributed by atoms with Crippen LogP contribution in [0.3, 0.4) is 0 Å². The van der Waals surface area contributed by atoms with Gasteiger partial charge in [0.25, 0.3) is 0 Å². The number of fused-ring (bicyclic) bond motifs is 1. The molecule has 5 nitrogen and oxygen atoms in total. The van der Waals surface area contributed by atoms with Gasteiger partial charge in [-0.2, -0.15) is 0 Å². The molecule has 0 aliphatic rings. The molecule has 0 fully saturated rings. The molecule has 0 aliphatic carbocycles. The molecule has 1 aromatic carbocycles. The molecule has 0 radical (unpaired) electrons. The van der Waals surface area contributed by atoms with Crippen molar-refractivity contribution in [3.05, 3.63) is 40.3 Å². The molecule has 0 saturated heterocycles. The minimum absolute atomic E-state index is 0.295. The first-order chi connectivity index (χ1) is 9.04. The zero-order valence-corrected chi connectivity index (χ0v) is 11.6. The Balaban J connectivity index is 2.12. The monoisotopic (exact) mass is 324 g/mol. The number of imidazole rings is 1. The van der Waals surface area contributed by atoms with Crippen molar-refractivity contribution in [3.63, 3.8) is 0 Å². The fourth-order valence-electron chi connectivity index (χ4n) is 1.91. The number of aryl methyl sites for hydroxylation is 1. The second kappa shape index (κ2) is 4.34. The summed E-state index contributed by atoms with van der Waals surface area (Å²) < 4.78 is 21.0. The van der Waals surface area contributed by atoms with Gasteiger partial charge < -0.3 is 14.7 Å². The summed E-state index contributed by atoms with van der Waals surface area (Å²) in [6, 6.07) is 2.98. The van der Waals surface area contributed by atoms with Crippen molar-refractivity contribution < 1.29 is 8.81 Å². The second-order valence-corrected chi connectivity index (χ2v) is 5.03. The Bertz CT molecular complexity index is 765. The van der Waals surface area contributed by atoms with E-state index in [0.29, 0.717) is 28.4 Å². The zero-order valence-electron chi connectivity index (χ0n) is 10.0. The molecule has 0 aliphatic heterocycles. The largest absolute Gasteiger partial charge is 0.444 e. The number of oxazole rings is 1. The van der Waals surface area contributed by atoms with E-state index in [2.05, 4.69) is 25.9 Å². The number of nitrogens with zero attached hydrogens (tertiary/aromatic N) is 3. The van der Waals surface area contributed by atoms with E-state index in [0.717, 1.165) is 11.3 Å². The first-order valence-electron chi connectivity index (χ1n) is 5.56. The molecule has 0 amide bonds. The van der Waals surface area contributed by atoms with Crippen LogP contribution in [0.1, 0.15) is 11.7 Å². The summed E-state index contributed by atoms with van der Waals surface area (Å²) in [6.07, 6.45) is 1.64. The van der Waals surface area contributed by atoms with Gasteiger partial charge >= 0.3 is 0 Å². The van der Waals surface area contributed by atoms with Crippen LogP contribution in [-0.4, -0.2) is 14.5 Å². The minimum atomic E-state index is -0.371. The van der Waals surface area contributed by atoms with E-state index >= 15 is 0 Å². The number of rotatable bonds is 2. The van der Waals surface area contributed by atoms with Gasteiger partial charge in [-0.05, 0) is 28.9 Å². The Morgan fingerprint density at radius 1 is 1.47 bits per heavy atom. The molecule has 0 saturated carbocycles. The van der Waals surface area contributed by atoms with E-state index in [1.165, 1.54) is 6.07 Å². The van der Waals surface area contributed by atoms with Gasteiger partial charge in [0, 0.05) is 6.07 Å². The van der Waals surface area contributed by atoms with Gasteiger partial charge in [-0.25, -0.2) is 14.4 Å². The lowest BCUT2D eigenvalue weighted by molar-refractivity contribution is 0.461. The lowest BCUT2D eigenvalue weighted by Crippen LogP contribution is -2.04. The first-order valence-corrected chi connectivity index (χ1v) is 6.36. The summed E-state index contributed by atoms with van der Waals surface area (Å²) in [6.45, 7) is 2.17. The number of anilines is 1. The lowest BCUT2D eigenvalue weighted by atomic mass is 10.3. The van der Waals surface area contributed by atoms with Crippen molar-refractivity contribution in [1.29, 1.82) is 0 Å². The maximum atomic E-state index is 13.5. The van der Waals surface area contributed by atoms with Crippen LogP contribution in [0.4, 0.5) is 10.3 Å².